The molecule has 0 unspecified atom stereocenters. The molecule has 1 N–H and O–H groups in total. The van der Waals surface area contributed by atoms with E-state index in [0.29, 0.717) is 13.1 Å². The fourth-order valence-electron chi connectivity index (χ4n) is 1.37. The molecule has 0 aliphatic heterocycles. The van der Waals surface area contributed by atoms with E-state index in [4.69, 9.17) is 0 Å². The minimum absolute atomic E-state index is 0.0665. The molecule has 0 saturated carbocycles. The van der Waals surface area contributed by atoms with Crippen LogP contribution in [-0.4, -0.2) is 36.5 Å². The Hall–Kier alpha value is -1.62. The van der Waals surface area contributed by atoms with Gasteiger partial charge in [-0.05, 0) is 6.92 Å². The van der Waals surface area contributed by atoms with Gasteiger partial charge in [0.1, 0.15) is 0 Å². The third-order valence-corrected chi connectivity index (χ3v) is 2.56. The molecule has 17 heavy (non-hydrogen) atoms. The molecule has 0 spiro atoms. The Bertz CT molecular complexity index is 413. The largest absolute Gasteiger partial charge is 0.373 e. The van der Waals surface area contributed by atoms with E-state index in [-0.39, 0.29) is 5.56 Å². The maximum atomic E-state index is 11.7. The Morgan fingerprint density at radius 1 is 1.65 bits per heavy atom. The van der Waals surface area contributed by atoms with Crippen molar-refractivity contribution in [3.63, 3.8) is 0 Å². The normalized spacial score (nSPS) is 10.2. The Balaban J connectivity index is 2.63. The van der Waals surface area contributed by atoms with Gasteiger partial charge in [-0.15, -0.1) is 6.58 Å². The van der Waals surface area contributed by atoms with Crippen molar-refractivity contribution in [2.75, 3.05) is 31.6 Å². The van der Waals surface area contributed by atoms with Gasteiger partial charge < -0.3 is 10.2 Å². The average molecular weight is 236 g/mol. The van der Waals surface area contributed by atoms with Crippen LogP contribution in [-0.2, 0) is 6.54 Å². The van der Waals surface area contributed by atoms with Crippen molar-refractivity contribution in [3.8, 4) is 0 Å². The Morgan fingerprint density at radius 2 is 2.41 bits per heavy atom. The second-order valence-corrected chi connectivity index (χ2v) is 3.78. The molecule has 0 bridgehead atoms. The van der Waals surface area contributed by atoms with Crippen LogP contribution in [0.1, 0.15) is 6.92 Å². The molecule has 0 aliphatic carbocycles. The Labute approximate surface area is 102 Å². The van der Waals surface area contributed by atoms with E-state index in [1.807, 2.05) is 18.9 Å². The molecular weight excluding hydrogens is 216 g/mol. The van der Waals surface area contributed by atoms with E-state index in [1.54, 1.807) is 18.3 Å². The van der Waals surface area contributed by atoms with Crippen LogP contribution in [0.15, 0.2) is 29.7 Å². The maximum Gasteiger partial charge on any atom is 0.268 e. The Morgan fingerprint density at radius 3 is 3.00 bits per heavy atom. The van der Waals surface area contributed by atoms with Crippen LogP contribution in [0.3, 0.4) is 0 Å². The summed E-state index contributed by atoms with van der Waals surface area (Å²) in [6.45, 7) is 8.52. The zero-order valence-corrected chi connectivity index (χ0v) is 10.5. The zero-order chi connectivity index (χ0) is 12.7. The number of aromatic nitrogens is 2. The van der Waals surface area contributed by atoms with Gasteiger partial charge in [0.15, 0.2) is 0 Å². The standard InChI is InChI=1S/C12H20N4O/c1-4-6-13-7-8-16-12(17)9-11(10-14-16)15(3)5-2/h4,9-10,13H,1,5-8H2,2-3H3. The van der Waals surface area contributed by atoms with Gasteiger partial charge in [0, 0.05) is 32.7 Å². The summed E-state index contributed by atoms with van der Waals surface area (Å²) in [6, 6.07) is 1.62. The quantitative estimate of drug-likeness (QED) is 0.552. The molecule has 0 saturated heterocycles. The van der Waals surface area contributed by atoms with Crippen LogP contribution in [0.5, 0.6) is 0 Å². The van der Waals surface area contributed by atoms with Crippen LogP contribution in [0.2, 0.25) is 0 Å². The molecule has 1 aromatic rings. The highest BCUT2D eigenvalue weighted by Crippen LogP contribution is 2.05. The summed E-state index contributed by atoms with van der Waals surface area (Å²) in [5.41, 5.74) is 0.788. The predicted octanol–water partition coefficient (Wildman–Crippen LogP) is 0.475. The van der Waals surface area contributed by atoms with E-state index in [0.717, 1.165) is 18.8 Å². The summed E-state index contributed by atoms with van der Waals surface area (Å²) in [7, 11) is 1.94. The van der Waals surface area contributed by atoms with Crippen molar-refractivity contribution >= 4 is 5.69 Å². The van der Waals surface area contributed by atoms with Crippen molar-refractivity contribution < 1.29 is 0 Å². The van der Waals surface area contributed by atoms with Crippen LogP contribution in [0.4, 0.5) is 5.69 Å². The van der Waals surface area contributed by atoms with Gasteiger partial charge >= 0.3 is 0 Å². The van der Waals surface area contributed by atoms with E-state index >= 15 is 0 Å². The first-order chi connectivity index (χ1) is 8.19. The first-order valence-electron chi connectivity index (χ1n) is 5.79. The minimum atomic E-state index is -0.0665. The number of anilines is 1. The molecule has 5 nitrogen and oxygen atoms in total. The van der Waals surface area contributed by atoms with Gasteiger partial charge in [0.25, 0.3) is 5.56 Å². The van der Waals surface area contributed by atoms with Gasteiger partial charge in [-0.2, -0.15) is 5.10 Å². The molecule has 0 fully saturated rings. The molecular formula is C12H20N4O. The second-order valence-electron chi connectivity index (χ2n) is 3.78. The zero-order valence-electron chi connectivity index (χ0n) is 10.5. The smallest absolute Gasteiger partial charge is 0.268 e. The van der Waals surface area contributed by atoms with E-state index < -0.39 is 0 Å². The van der Waals surface area contributed by atoms with Gasteiger partial charge in [-0.3, -0.25) is 4.79 Å². The van der Waals surface area contributed by atoms with Crippen molar-refractivity contribution in [1.29, 1.82) is 0 Å². The summed E-state index contributed by atoms with van der Waals surface area (Å²) in [4.78, 5) is 13.7. The highest BCUT2D eigenvalue weighted by molar-refractivity contribution is 5.41. The molecule has 1 aromatic heterocycles. The summed E-state index contributed by atoms with van der Waals surface area (Å²) in [5, 5.41) is 7.27. The lowest BCUT2D eigenvalue weighted by Gasteiger charge is -2.16. The monoisotopic (exact) mass is 236 g/mol. The van der Waals surface area contributed by atoms with E-state index in [1.165, 1.54) is 4.68 Å². The molecule has 0 atom stereocenters. The minimum Gasteiger partial charge on any atom is -0.373 e. The predicted molar refractivity (Wildman–Crippen MR) is 70.5 cm³/mol. The lowest BCUT2D eigenvalue weighted by atomic mass is 10.4. The van der Waals surface area contributed by atoms with E-state index in [9.17, 15) is 4.79 Å². The number of nitrogens with one attached hydrogen (secondary N) is 1. The first kappa shape index (κ1) is 13.4. The lowest BCUT2D eigenvalue weighted by molar-refractivity contribution is 0.545. The fraction of sp³-hybridized carbons (Fsp3) is 0.500. The summed E-state index contributed by atoms with van der Waals surface area (Å²) < 4.78 is 1.46. The first-order valence-corrected chi connectivity index (χ1v) is 5.79. The average Bonchev–Trinajstić information content (AvgIpc) is 2.35. The second kappa shape index (κ2) is 6.85. The third kappa shape index (κ3) is 4.03. The van der Waals surface area contributed by atoms with Crippen molar-refractivity contribution in [2.24, 2.45) is 0 Å². The van der Waals surface area contributed by atoms with Crippen molar-refractivity contribution in [1.82, 2.24) is 15.1 Å². The van der Waals surface area contributed by atoms with Crippen LogP contribution in [0.25, 0.3) is 0 Å². The number of hydrogen-bond acceptors (Lipinski definition) is 4. The third-order valence-electron chi connectivity index (χ3n) is 2.56. The lowest BCUT2D eigenvalue weighted by Crippen LogP contribution is -2.29. The molecule has 0 aliphatic rings. The Kier molecular flexibility index (Phi) is 5.42. The molecule has 0 radical (unpaired) electrons. The van der Waals surface area contributed by atoms with Crippen LogP contribution < -0.4 is 15.8 Å². The molecule has 1 heterocycles. The maximum absolute atomic E-state index is 11.7. The molecule has 1 rings (SSSR count). The van der Waals surface area contributed by atoms with E-state index in [2.05, 4.69) is 17.0 Å². The summed E-state index contributed by atoms with van der Waals surface area (Å²) in [5.74, 6) is 0. The SMILES string of the molecule is C=CCNCCn1ncc(N(C)CC)cc1=O. The molecule has 0 amide bonds. The summed E-state index contributed by atoms with van der Waals surface area (Å²) >= 11 is 0. The fourth-order valence-corrected chi connectivity index (χ4v) is 1.37. The van der Waals surface area contributed by atoms with Gasteiger partial charge in [0.2, 0.25) is 0 Å². The molecule has 94 valence electrons. The molecule has 5 heteroatoms. The molecule has 0 aromatic carbocycles. The highest BCUT2D eigenvalue weighted by atomic mass is 16.1. The van der Waals surface area contributed by atoms with Crippen molar-refractivity contribution in [2.45, 2.75) is 13.5 Å². The number of nitrogens with zero attached hydrogens (tertiary/aromatic N) is 3. The van der Waals surface area contributed by atoms with Gasteiger partial charge in [-0.25, -0.2) is 4.68 Å². The van der Waals surface area contributed by atoms with Gasteiger partial charge in [0.05, 0.1) is 18.4 Å². The van der Waals surface area contributed by atoms with Crippen LogP contribution in [0, 0.1) is 0 Å². The van der Waals surface area contributed by atoms with Gasteiger partial charge in [-0.1, -0.05) is 6.08 Å². The topological polar surface area (TPSA) is 50.2 Å². The van der Waals surface area contributed by atoms with Crippen LogP contribution >= 0.6 is 0 Å². The highest BCUT2D eigenvalue weighted by Gasteiger charge is 2.02. The van der Waals surface area contributed by atoms with Crippen molar-refractivity contribution in [3.05, 3.63) is 35.3 Å². The number of hydrogen-bond donors (Lipinski definition) is 1. The summed E-state index contributed by atoms with van der Waals surface area (Å²) in [6.07, 6.45) is 3.51. The number of rotatable bonds is 7.